The number of rotatable bonds is 1. The summed E-state index contributed by atoms with van der Waals surface area (Å²) >= 11 is 0. The molecule has 1 heterocycles. The van der Waals surface area contributed by atoms with Crippen LogP contribution in [0.5, 0.6) is 0 Å². The van der Waals surface area contributed by atoms with E-state index in [0.29, 0.717) is 11.9 Å². The molecule has 3 nitrogen and oxygen atoms in total. The summed E-state index contributed by atoms with van der Waals surface area (Å²) in [7, 11) is 0. The number of aryl methyl sites for hydroxylation is 1. The van der Waals surface area contributed by atoms with Gasteiger partial charge in [-0.05, 0) is 19.8 Å². The van der Waals surface area contributed by atoms with Crippen molar-refractivity contribution in [3.63, 3.8) is 0 Å². The molecule has 1 aromatic heterocycles. The summed E-state index contributed by atoms with van der Waals surface area (Å²) in [5.74, 6) is 1.61. The number of nitrogen functional groups attached to an aromatic ring is 1. The number of oxazole rings is 1. The molecular formula is C7H10N2O. The molecule has 1 fully saturated rings. The van der Waals surface area contributed by atoms with Crippen LogP contribution in [0, 0.1) is 6.92 Å². The van der Waals surface area contributed by atoms with E-state index in [2.05, 4.69) is 4.98 Å². The maximum absolute atomic E-state index is 5.37. The molecule has 0 spiro atoms. The van der Waals surface area contributed by atoms with E-state index in [-0.39, 0.29) is 0 Å². The van der Waals surface area contributed by atoms with Crippen molar-refractivity contribution in [1.82, 2.24) is 4.98 Å². The van der Waals surface area contributed by atoms with Gasteiger partial charge in [0, 0.05) is 5.92 Å². The Morgan fingerprint density at radius 2 is 2.30 bits per heavy atom. The molecule has 1 aromatic rings. The first-order valence-electron chi connectivity index (χ1n) is 3.50. The van der Waals surface area contributed by atoms with Crippen molar-refractivity contribution >= 4 is 6.01 Å². The molecule has 0 radical (unpaired) electrons. The van der Waals surface area contributed by atoms with Gasteiger partial charge >= 0.3 is 0 Å². The van der Waals surface area contributed by atoms with Crippen LogP contribution in [0.2, 0.25) is 0 Å². The second kappa shape index (κ2) is 1.75. The van der Waals surface area contributed by atoms with E-state index in [1.54, 1.807) is 0 Å². The highest BCUT2D eigenvalue weighted by Crippen LogP contribution is 2.42. The fourth-order valence-electron chi connectivity index (χ4n) is 1.15. The summed E-state index contributed by atoms with van der Waals surface area (Å²) in [6.45, 7) is 1.94. The van der Waals surface area contributed by atoms with Crippen molar-refractivity contribution in [2.24, 2.45) is 0 Å². The Kier molecular flexibility index (Phi) is 1.01. The van der Waals surface area contributed by atoms with E-state index in [4.69, 9.17) is 10.2 Å². The monoisotopic (exact) mass is 138 g/mol. The number of nitrogens with zero attached hydrogens (tertiary/aromatic N) is 1. The second-order valence-electron chi connectivity index (χ2n) is 2.78. The Morgan fingerprint density at radius 1 is 1.60 bits per heavy atom. The molecule has 2 N–H and O–H groups in total. The molecule has 0 aliphatic heterocycles. The molecule has 0 saturated heterocycles. The largest absolute Gasteiger partial charge is 0.428 e. The van der Waals surface area contributed by atoms with Crippen LogP contribution >= 0.6 is 0 Å². The minimum absolute atomic E-state index is 0.305. The van der Waals surface area contributed by atoms with Crippen molar-refractivity contribution < 1.29 is 4.42 Å². The molecule has 1 saturated carbocycles. The zero-order valence-corrected chi connectivity index (χ0v) is 5.92. The summed E-state index contributed by atoms with van der Waals surface area (Å²) in [6, 6.07) is 0.305. The van der Waals surface area contributed by atoms with E-state index in [1.165, 1.54) is 12.8 Å². The first-order chi connectivity index (χ1) is 4.77. The van der Waals surface area contributed by atoms with Gasteiger partial charge in [-0.3, -0.25) is 0 Å². The van der Waals surface area contributed by atoms with Gasteiger partial charge in [0.2, 0.25) is 0 Å². The predicted molar refractivity (Wildman–Crippen MR) is 37.6 cm³/mol. The molecule has 1 aliphatic rings. The first kappa shape index (κ1) is 5.77. The summed E-state index contributed by atoms with van der Waals surface area (Å²) in [5.41, 5.74) is 6.33. The Bertz CT molecular complexity index is 250. The number of nitrogens with two attached hydrogens (primary N) is 1. The third-order valence-electron chi connectivity index (χ3n) is 1.80. The first-order valence-corrected chi connectivity index (χ1v) is 3.50. The van der Waals surface area contributed by atoms with Crippen LogP contribution in [0.4, 0.5) is 6.01 Å². The number of anilines is 1. The maximum atomic E-state index is 5.37. The molecule has 3 heteroatoms. The van der Waals surface area contributed by atoms with E-state index in [0.717, 1.165) is 11.5 Å². The van der Waals surface area contributed by atoms with Gasteiger partial charge < -0.3 is 10.2 Å². The topological polar surface area (TPSA) is 52.0 Å². The second-order valence-corrected chi connectivity index (χ2v) is 2.78. The lowest BCUT2D eigenvalue weighted by atomic mass is 10.3. The Balaban J connectivity index is 2.38. The molecule has 0 unspecified atom stereocenters. The van der Waals surface area contributed by atoms with E-state index < -0.39 is 0 Å². The standard InChI is InChI=1S/C7H10N2O/c1-4-6(5-2-3-5)10-7(8)9-4/h5H,2-3H2,1H3,(H2,8,9). The van der Waals surface area contributed by atoms with Crippen molar-refractivity contribution in [2.45, 2.75) is 25.7 Å². The SMILES string of the molecule is Cc1nc(N)oc1C1CC1. The third-order valence-corrected chi connectivity index (χ3v) is 1.80. The normalized spacial score (nSPS) is 17.7. The smallest absolute Gasteiger partial charge is 0.292 e. The zero-order chi connectivity index (χ0) is 7.14. The predicted octanol–water partition coefficient (Wildman–Crippen LogP) is 1.44. The Morgan fingerprint density at radius 3 is 2.70 bits per heavy atom. The van der Waals surface area contributed by atoms with Crippen molar-refractivity contribution in [2.75, 3.05) is 5.73 Å². The van der Waals surface area contributed by atoms with Gasteiger partial charge in [-0.2, -0.15) is 4.98 Å². The van der Waals surface area contributed by atoms with Crippen LogP contribution < -0.4 is 5.73 Å². The van der Waals surface area contributed by atoms with Crippen molar-refractivity contribution in [3.8, 4) is 0 Å². The van der Waals surface area contributed by atoms with Gasteiger partial charge in [0.25, 0.3) is 6.01 Å². The van der Waals surface area contributed by atoms with Gasteiger partial charge in [0.05, 0.1) is 5.69 Å². The van der Waals surface area contributed by atoms with E-state index in [9.17, 15) is 0 Å². The van der Waals surface area contributed by atoms with Crippen LogP contribution in [-0.2, 0) is 0 Å². The van der Waals surface area contributed by atoms with Crippen LogP contribution in [0.15, 0.2) is 4.42 Å². The fraction of sp³-hybridized carbons (Fsp3) is 0.571. The van der Waals surface area contributed by atoms with Gasteiger partial charge in [0.1, 0.15) is 5.76 Å². The fourth-order valence-corrected chi connectivity index (χ4v) is 1.15. The van der Waals surface area contributed by atoms with Crippen LogP contribution in [0.25, 0.3) is 0 Å². The van der Waals surface area contributed by atoms with Crippen molar-refractivity contribution in [3.05, 3.63) is 11.5 Å². The third kappa shape index (κ3) is 0.781. The molecule has 54 valence electrons. The highest BCUT2D eigenvalue weighted by molar-refractivity contribution is 5.24. The zero-order valence-electron chi connectivity index (χ0n) is 5.92. The minimum atomic E-state index is 0.305. The Hall–Kier alpha value is -0.990. The summed E-state index contributed by atoms with van der Waals surface area (Å²) in [5, 5.41) is 0. The average Bonchev–Trinajstić information content (AvgIpc) is 2.61. The molecule has 0 amide bonds. The lowest BCUT2D eigenvalue weighted by Gasteiger charge is -1.87. The van der Waals surface area contributed by atoms with E-state index >= 15 is 0 Å². The van der Waals surface area contributed by atoms with Crippen LogP contribution in [0.3, 0.4) is 0 Å². The van der Waals surface area contributed by atoms with Crippen LogP contribution in [0.1, 0.15) is 30.2 Å². The molecular weight excluding hydrogens is 128 g/mol. The lowest BCUT2D eigenvalue weighted by Crippen LogP contribution is -1.81. The molecule has 0 atom stereocenters. The molecule has 1 aliphatic carbocycles. The summed E-state index contributed by atoms with van der Waals surface area (Å²) in [4.78, 5) is 3.98. The highest BCUT2D eigenvalue weighted by Gasteiger charge is 2.29. The number of hydrogen-bond donors (Lipinski definition) is 1. The maximum Gasteiger partial charge on any atom is 0.292 e. The molecule has 0 bridgehead atoms. The average molecular weight is 138 g/mol. The minimum Gasteiger partial charge on any atom is -0.428 e. The van der Waals surface area contributed by atoms with Gasteiger partial charge in [-0.15, -0.1) is 0 Å². The van der Waals surface area contributed by atoms with Gasteiger partial charge in [-0.1, -0.05) is 0 Å². The molecule has 2 rings (SSSR count). The molecule has 0 aromatic carbocycles. The quantitative estimate of drug-likeness (QED) is 0.638. The molecule has 10 heavy (non-hydrogen) atoms. The summed E-state index contributed by atoms with van der Waals surface area (Å²) in [6.07, 6.45) is 2.46. The lowest BCUT2D eigenvalue weighted by molar-refractivity contribution is 0.523. The Labute approximate surface area is 59.2 Å². The number of aromatic nitrogens is 1. The van der Waals surface area contributed by atoms with Gasteiger partial charge in [0.15, 0.2) is 0 Å². The van der Waals surface area contributed by atoms with Gasteiger partial charge in [-0.25, -0.2) is 0 Å². The number of hydrogen-bond acceptors (Lipinski definition) is 3. The summed E-state index contributed by atoms with van der Waals surface area (Å²) < 4.78 is 5.20. The van der Waals surface area contributed by atoms with E-state index in [1.807, 2.05) is 6.92 Å². The van der Waals surface area contributed by atoms with Crippen LogP contribution in [-0.4, -0.2) is 4.98 Å². The highest BCUT2D eigenvalue weighted by atomic mass is 16.4. The van der Waals surface area contributed by atoms with Crippen molar-refractivity contribution in [1.29, 1.82) is 0 Å².